The number of pyridine rings is 1. The predicted octanol–water partition coefficient (Wildman–Crippen LogP) is 1.56. The molecule has 0 aromatic carbocycles. The van der Waals surface area contributed by atoms with E-state index in [0.717, 1.165) is 5.56 Å². The normalized spacial score (nSPS) is 11.7. The number of carbonyl (C=O) groups is 1. The molecule has 22 heavy (non-hydrogen) atoms. The number of aromatic nitrogens is 3. The van der Waals surface area contributed by atoms with Crippen LogP contribution in [0.5, 0.6) is 5.88 Å². The van der Waals surface area contributed by atoms with E-state index in [1.165, 1.54) is 0 Å². The summed E-state index contributed by atoms with van der Waals surface area (Å²) in [4.78, 5) is 20.0. The van der Waals surface area contributed by atoms with E-state index < -0.39 is 0 Å². The van der Waals surface area contributed by atoms with E-state index in [0.29, 0.717) is 25.6 Å². The van der Waals surface area contributed by atoms with Crippen molar-refractivity contribution in [2.45, 2.75) is 33.0 Å². The number of hydrogen-bond acceptors (Lipinski definition) is 4. The molecule has 2 rings (SSSR count). The van der Waals surface area contributed by atoms with E-state index in [1.54, 1.807) is 18.7 Å². The third-order valence-electron chi connectivity index (χ3n) is 2.99. The molecule has 118 valence electrons. The van der Waals surface area contributed by atoms with Gasteiger partial charge >= 0.3 is 6.03 Å². The van der Waals surface area contributed by atoms with Crippen LogP contribution in [0.4, 0.5) is 4.79 Å². The largest absolute Gasteiger partial charge is 0.478 e. The zero-order valence-electron chi connectivity index (χ0n) is 12.8. The number of hydrogen-bond donors (Lipinski definition) is 2. The van der Waals surface area contributed by atoms with E-state index >= 15 is 0 Å². The predicted molar refractivity (Wildman–Crippen MR) is 82.5 cm³/mol. The molecular formula is C15H21N5O2. The molecule has 0 spiro atoms. The van der Waals surface area contributed by atoms with Crippen LogP contribution < -0.4 is 15.4 Å². The number of urea groups is 1. The lowest BCUT2D eigenvalue weighted by molar-refractivity contribution is 0.236. The van der Waals surface area contributed by atoms with E-state index in [1.807, 2.05) is 36.7 Å². The molecule has 0 fully saturated rings. The molecule has 7 heteroatoms. The molecular weight excluding hydrogens is 282 g/mol. The highest BCUT2D eigenvalue weighted by atomic mass is 16.5. The van der Waals surface area contributed by atoms with Crippen LogP contribution in [0.1, 0.15) is 19.4 Å². The summed E-state index contributed by atoms with van der Waals surface area (Å²) in [6.45, 7) is 5.42. The number of carbonyl (C=O) groups excluding carboxylic acids is 1. The van der Waals surface area contributed by atoms with Crippen molar-refractivity contribution < 1.29 is 9.53 Å². The first kappa shape index (κ1) is 15.8. The summed E-state index contributed by atoms with van der Waals surface area (Å²) < 4.78 is 7.34. The smallest absolute Gasteiger partial charge is 0.315 e. The number of nitrogens with zero attached hydrogens (tertiary/aromatic N) is 3. The molecule has 2 aromatic rings. The maximum absolute atomic E-state index is 11.9. The average Bonchev–Trinajstić information content (AvgIpc) is 2.99. The van der Waals surface area contributed by atoms with Gasteiger partial charge in [0, 0.05) is 43.3 Å². The summed E-state index contributed by atoms with van der Waals surface area (Å²) in [7, 11) is 0. The van der Waals surface area contributed by atoms with E-state index in [9.17, 15) is 4.79 Å². The maximum Gasteiger partial charge on any atom is 0.315 e. The van der Waals surface area contributed by atoms with Crippen molar-refractivity contribution in [2.75, 3.05) is 6.61 Å². The van der Waals surface area contributed by atoms with Crippen LogP contribution in [0.15, 0.2) is 37.1 Å². The molecule has 0 aliphatic carbocycles. The molecule has 0 radical (unpaired) electrons. The topological polar surface area (TPSA) is 81.1 Å². The fourth-order valence-corrected chi connectivity index (χ4v) is 2.03. The van der Waals surface area contributed by atoms with Gasteiger partial charge in [-0.2, -0.15) is 0 Å². The zero-order chi connectivity index (χ0) is 15.8. The van der Waals surface area contributed by atoms with E-state index in [4.69, 9.17) is 4.74 Å². The van der Waals surface area contributed by atoms with Crippen molar-refractivity contribution in [3.63, 3.8) is 0 Å². The van der Waals surface area contributed by atoms with Crippen molar-refractivity contribution in [1.29, 1.82) is 0 Å². The monoisotopic (exact) mass is 303 g/mol. The van der Waals surface area contributed by atoms with E-state index in [2.05, 4.69) is 20.6 Å². The van der Waals surface area contributed by atoms with Crippen LogP contribution in [0.25, 0.3) is 0 Å². The lowest BCUT2D eigenvalue weighted by atomic mass is 10.2. The van der Waals surface area contributed by atoms with Gasteiger partial charge in [0.25, 0.3) is 0 Å². The Labute approximate surface area is 129 Å². The summed E-state index contributed by atoms with van der Waals surface area (Å²) in [5.74, 6) is 0.553. The lowest BCUT2D eigenvalue weighted by Crippen LogP contribution is -2.42. The molecule has 0 saturated carbocycles. The molecule has 2 N–H and O–H groups in total. The number of imidazole rings is 1. The number of amides is 2. The second kappa shape index (κ2) is 8.02. The Bertz CT molecular complexity index is 585. The highest BCUT2D eigenvalue weighted by Crippen LogP contribution is 2.13. The Hall–Kier alpha value is -2.57. The molecule has 2 heterocycles. The van der Waals surface area contributed by atoms with Gasteiger partial charge in [0.1, 0.15) is 0 Å². The molecule has 1 atom stereocenters. The average molecular weight is 303 g/mol. The third kappa shape index (κ3) is 4.76. The SMILES string of the molecule is CCOc1ncccc1CNC(=O)N[C@H](C)Cn1ccnc1. The number of nitrogens with one attached hydrogen (secondary N) is 2. The molecule has 0 aliphatic rings. The quantitative estimate of drug-likeness (QED) is 0.813. The van der Waals surface area contributed by atoms with Gasteiger partial charge in [0.05, 0.1) is 12.9 Å². The highest BCUT2D eigenvalue weighted by Gasteiger charge is 2.09. The first-order chi connectivity index (χ1) is 10.7. The minimum atomic E-state index is -0.223. The van der Waals surface area contributed by atoms with Gasteiger partial charge in [0.15, 0.2) is 0 Å². The minimum Gasteiger partial charge on any atom is -0.478 e. The summed E-state index contributed by atoms with van der Waals surface area (Å²) in [5, 5.41) is 5.69. The second-order valence-corrected chi connectivity index (χ2v) is 4.89. The van der Waals surface area contributed by atoms with Gasteiger partial charge in [-0.05, 0) is 19.9 Å². The van der Waals surface area contributed by atoms with Crippen molar-refractivity contribution in [3.8, 4) is 5.88 Å². The Morgan fingerprint density at radius 1 is 1.45 bits per heavy atom. The van der Waals surface area contributed by atoms with Crippen LogP contribution in [-0.2, 0) is 13.1 Å². The van der Waals surface area contributed by atoms with Gasteiger partial charge in [-0.15, -0.1) is 0 Å². The zero-order valence-corrected chi connectivity index (χ0v) is 12.8. The van der Waals surface area contributed by atoms with Gasteiger partial charge < -0.3 is 19.9 Å². The molecule has 0 saturated heterocycles. The Morgan fingerprint density at radius 2 is 2.32 bits per heavy atom. The van der Waals surface area contributed by atoms with Gasteiger partial charge in [-0.1, -0.05) is 6.07 Å². The van der Waals surface area contributed by atoms with Crippen LogP contribution in [0.2, 0.25) is 0 Å². The van der Waals surface area contributed by atoms with Gasteiger partial charge in [0.2, 0.25) is 5.88 Å². The lowest BCUT2D eigenvalue weighted by Gasteiger charge is -2.15. The second-order valence-electron chi connectivity index (χ2n) is 4.89. The van der Waals surface area contributed by atoms with Crippen LogP contribution in [0, 0.1) is 0 Å². The molecule has 0 aliphatic heterocycles. The van der Waals surface area contributed by atoms with Crippen molar-refractivity contribution in [1.82, 2.24) is 25.2 Å². The first-order valence-corrected chi connectivity index (χ1v) is 7.25. The van der Waals surface area contributed by atoms with Crippen LogP contribution >= 0.6 is 0 Å². The van der Waals surface area contributed by atoms with Crippen molar-refractivity contribution >= 4 is 6.03 Å². The Balaban J connectivity index is 1.80. The summed E-state index contributed by atoms with van der Waals surface area (Å²) in [6, 6.07) is 3.47. The molecule has 2 amide bonds. The van der Waals surface area contributed by atoms with Gasteiger partial charge in [-0.3, -0.25) is 0 Å². The van der Waals surface area contributed by atoms with Crippen molar-refractivity contribution in [3.05, 3.63) is 42.6 Å². The summed E-state index contributed by atoms with van der Waals surface area (Å²) in [5.41, 5.74) is 0.849. The fraction of sp³-hybridized carbons (Fsp3) is 0.400. The fourth-order valence-electron chi connectivity index (χ4n) is 2.03. The molecule has 0 bridgehead atoms. The first-order valence-electron chi connectivity index (χ1n) is 7.25. The van der Waals surface area contributed by atoms with Gasteiger partial charge in [-0.25, -0.2) is 14.8 Å². The number of ether oxygens (including phenoxy) is 1. The highest BCUT2D eigenvalue weighted by molar-refractivity contribution is 5.74. The Kier molecular flexibility index (Phi) is 5.76. The van der Waals surface area contributed by atoms with Crippen LogP contribution in [0.3, 0.4) is 0 Å². The molecule has 2 aromatic heterocycles. The molecule has 7 nitrogen and oxygen atoms in total. The third-order valence-corrected chi connectivity index (χ3v) is 2.99. The van der Waals surface area contributed by atoms with E-state index in [-0.39, 0.29) is 12.1 Å². The number of rotatable bonds is 7. The Morgan fingerprint density at radius 3 is 3.05 bits per heavy atom. The summed E-state index contributed by atoms with van der Waals surface area (Å²) in [6.07, 6.45) is 6.96. The minimum absolute atomic E-state index is 0.00513. The summed E-state index contributed by atoms with van der Waals surface area (Å²) >= 11 is 0. The standard InChI is InChI=1S/C15H21N5O2/c1-3-22-14-13(5-4-6-17-14)9-18-15(21)19-12(2)10-20-8-7-16-11-20/h4-8,11-12H,3,9-10H2,1-2H3,(H2,18,19,21)/t12-/m1/s1. The van der Waals surface area contributed by atoms with Crippen molar-refractivity contribution in [2.24, 2.45) is 0 Å². The maximum atomic E-state index is 11.9. The van der Waals surface area contributed by atoms with Crippen LogP contribution in [-0.4, -0.2) is 33.2 Å². The molecule has 0 unspecified atom stereocenters.